The van der Waals surface area contributed by atoms with Gasteiger partial charge in [-0.15, -0.1) is 0 Å². The number of thioether (sulfide) groups is 1. The fourth-order valence-corrected chi connectivity index (χ4v) is 2.95. The maximum Gasteiger partial charge on any atom is 0.161 e. The number of rotatable bonds is 5. The zero-order valence-corrected chi connectivity index (χ0v) is 11.8. The highest BCUT2D eigenvalue weighted by Crippen LogP contribution is 2.23. The lowest BCUT2D eigenvalue weighted by Crippen LogP contribution is -2.08. The Hall–Kier alpha value is -1.00. The average molecular weight is 264 g/mol. The number of benzene rings is 1. The molecule has 0 radical (unpaired) electrons. The number of nitrogens with zero attached hydrogens (tertiary/aromatic N) is 1. The number of hydrogen-bond acceptors (Lipinski definition) is 4. The van der Waals surface area contributed by atoms with Crippen molar-refractivity contribution in [2.75, 3.05) is 24.8 Å². The van der Waals surface area contributed by atoms with Crippen LogP contribution in [0.15, 0.2) is 29.3 Å². The third kappa shape index (κ3) is 3.50. The summed E-state index contributed by atoms with van der Waals surface area (Å²) in [5.74, 6) is 1.10. The van der Waals surface area contributed by atoms with Crippen molar-refractivity contribution in [1.82, 2.24) is 0 Å². The largest absolute Gasteiger partial charge is 0.384 e. The molecule has 18 heavy (non-hydrogen) atoms. The van der Waals surface area contributed by atoms with Crippen LogP contribution >= 0.6 is 11.8 Å². The number of anilines is 1. The van der Waals surface area contributed by atoms with E-state index >= 15 is 0 Å². The minimum atomic E-state index is 0.476. The molecule has 3 nitrogen and oxygen atoms in total. The highest BCUT2D eigenvalue weighted by molar-refractivity contribution is 8.14. The normalized spacial score (nSPS) is 18.8. The van der Waals surface area contributed by atoms with Gasteiger partial charge in [-0.25, -0.2) is 0 Å². The molecule has 1 aromatic carbocycles. The predicted octanol–water partition coefficient (Wildman–Crippen LogP) is 3.17. The number of para-hydroxylation sites is 1. The van der Waals surface area contributed by atoms with E-state index in [1.807, 2.05) is 11.8 Å². The summed E-state index contributed by atoms with van der Waals surface area (Å²) in [5.41, 5.74) is 2.43. The van der Waals surface area contributed by atoms with Gasteiger partial charge in [0.2, 0.25) is 0 Å². The molecule has 0 aromatic heterocycles. The lowest BCUT2D eigenvalue weighted by Gasteiger charge is -2.10. The Morgan fingerprint density at radius 3 is 3.00 bits per heavy atom. The molecule has 2 rings (SSSR count). The monoisotopic (exact) mass is 264 g/mol. The minimum absolute atomic E-state index is 0.476. The molecule has 1 aromatic rings. The predicted molar refractivity (Wildman–Crippen MR) is 79.6 cm³/mol. The summed E-state index contributed by atoms with van der Waals surface area (Å²) >= 11 is 1.81. The van der Waals surface area contributed by atoms with Crippen LogP contribution in [0, 0.1) is 0 Å². The molecule has 0 bridgehead atoms. The molecule has 0 spiro atoms. The van der Waals surface area contributed by atoms with Gasteiger partial charge < -0.3 is 10.1 Å². The van der Waals surface area contributed by atoms with E-state index in [2.05, 4.69) is 41.5 Å². The van der Waals surface area contributed by atoms with Gasteiger partial charge in [-0.3, -0.25) is 4.99 Å². The van der Waals surface area contributed by atoms with Crippen molar-refractivity contribution in [3.63, 3.8) is 0 Å². The van der Waals surface area contributed by atoms with E-state index in [-0.39, 0.29) is 0 Å². The Morgan fingerprint density at radius 1 is 1.44 bits per heavy atom. The zero-order chi connectivity index (χ0) is 12.8. The number of methoxy groups -OCH3 is 1. The van der Waals surface area contributed by atoms with Crippen LogP contribution in [0.5, 0.6) is 0 Å². The van der Waals surface area contributed by atoms with Gasteiger partial charge in [0.1, 0.15) is 0 Å². The number of nitrogens with one attached hydrogen (secondary N) is 1. The second kappa shape index (κ2) is 6.81. The fraction of sp³-hybridized carbons (Fsp3) is 0.500. The van der Waals surface area contributed by atoms with E-state index < -0.39 is 0 Å². The second-order valence-electron chi connectivity index (χ2n) is 4.33. The van der Waals surface area contributed by atoms with Gasteiger partial charge in [-0.2, -0.15) is 0 Å². The van der Waals surface area contributed by atoms with Crippen LogP contribution in [-0.2, 0) is 11.2 Å². The van der Waals surface area contributed by atoms with Crippen molar-refractivity contribution in [3.8, 4) is 0 Å². The Balaban J connectivity index is 2.04. The molecule has 0 saturated heterocycles. The van der Waals surface area contributed by atoms with Gasteiger partial charge in [0.05, 0.1) is 12.6 Å². The molecule has 1 atom stereocenters. The topological polar surface area (TPSA) is 33.6 Å². The first kappa shape index (κ1) is 13.4. The SMILES string of the molecule is CCC1CSC(Nc2ccccc2CCOC)=N1. The fourth-order valence-electron chi connectivity index (χ4n) is 1.88. The first-order valence-corrected chi connectivity index (χ1v) is 7.36. The maximum absolute atomic E-state index is 5.14. The molecule has 4 heteroatoms. The molecular weight excluding hydrogens is 244 g/mol. The summed E-state index contributed by atoms with van der Waals surface area (Å²) in [6.07, 6.45) is 2.04. The molecule has 1 unspecified atom stereocenters. The van der Waals surface area contributed by atoms with Crippen LogP contribution in [0.2, 0.25) is 0 Å². The molecule has 0 amide bonds. The third-order valence-corrected chi connectivity index (χ3v) is 4.05. The van der Waals surface area contributed by atoms with E-state index in [1.165, 1.54) is 5.56 Å². The highest BCUT2D eigenvalue weighted by Gasteiger charge is 2.16. The lowest BCUT2D eigenvalue weighted by atomic mass is 10.1. The van der Waals surface area contributed by atoms with Crippen LogP contribution < -0.4 is 5.32 Å². The van der Waals surface area contributed by atoms with E-state index in [0.717, 1.165) is 36.1 Å². The molecular formula is C14H20N2OS. The Morgan fingerprint density at radius 2 is 2.28 bits per heavy atom. The van der Waals surface area contributed by atoms with Gasteiger partial charge in [-0.1, -0.05) is 36.9 Å². The summed E-state index contributed by atoms with van der Waals surface area (Å²) in [4.78, 5) is 4.66. The van der Waals surface area contributed by atoms with Gasteiger partial charge in [-0.05, 0) is 24.5 Å². The van der Waals surface area contributed by atoms with Gasteiger partial charge in [0.15, 0.2) is 5.17 Å². The van der Waals surface area contributed by atoms with Crippen LogP contribution in [0.25, 0.3) is 0 Å². The van der Waals surface area contributed by atoms with Crippen LogP contribution in [0.4, 0.5) is 5.69 Å². The van der Waals surface area contributed by atoms with Crippen molar-refractivity contribution in [2.24, 2.45) is 4.99 Å². The number of amidine groups is 1. The molecule has 0 aliphatic carbocycles. The minimum Gasteiger partial charge on any atom is -0.384 e. The Bertz CT molecular complexity index is 420. The molecule has 1 heterocycles. The standard InChI is InChI=1S/C14H20N2OS/c1-3-12-10-18-14(15-12)16-13-7-5-4-6-11(13)8-9-17-2/h4-7,12H,3,8-10H2,1-2H3,(H,15,16). The second-order valence-corrected chi connectivity index (χ2v) is 5.34. The first-order chi connectivity index (χ1) is 8.83. The summed E-state index contributed by atoms with van der Waals surface area (Å²) in [7, 11) is 1.73. The number of hydrogen-bond donors (Lipinski definition) is 1. The molecule has 0 fully saturated rings. The van der Waals surface area contributed by atoms with Crippen LogP contribution in [0.1, 0.15) is 18.9 Å². The van der Waals surface area contributed by atoms with Crippen LogP contribution in [0.3, 0.4) is 0 Å². The molecule has 98 valence electrons. The van der Waals surface area contributed by atoms with Crippen molar-refractivity contribution in [2.45, 2.75) is 25.8 Å². The Kier molecular flexibility index (Phi) is 5.08. The molecule has 1 aliphatic heterocycles. The van der Waals surface area contributed by atoms with Gasteiger partial charge >= 0.3 is 0 Å². The van der Waals surface area contributed by atoms with Gasteiger partial charge in [0, 0.05) is 18.6 Å². The smallest absolute Gasteiger partial charge is 0.161 e. The third-order valence-electron chi connectivity index (χ3n) is 3.02. The van der Waals surface area contributed by atoms with E-state index in [0.29, 0.717) is 6.04 Å². The molecule has 1 N–H and O–H groups in total. The van der Waals surface area contributed by atoms with Crippen molar-refractivity contribution in [3.05, 3.63) is 29.8 Å². The summed E-state index contributed by atoms with van der Waals surface area (Å²) in [6.45, 7) is 2.93. The quantitative estimate of drug-likeness (QED) is 0.887. The van der Waals surface area contributed by atoms with Crippen LogP contribution in [-0.4, -0.2) is 30.7 Å². The Labute approximate surface area is 113 Å². The summed E-state index contributed by atoms with van der Waals surface area (Å²) in [5, 5.41) is 4.49. The zero-order valence-electron chi connectivity index (χ0n) is 11.0. The van der Waals surface area contributed by atoms with Crippen molar-refractivity contribution in [1.29, 1.82) is 0 Å². The first-order valence-electron chi connectivity index (χ1n) is 6.38. The molecule has 1 aliphatic rings. The number of aliphatic imine (C=N–C) groups is 1. The highest BCUT2D eigenvalue weighted by atomic mass is 32.2. The number of ether oxygens (including phenoxy) is 1. The van der Waals surface area contributed by atoms with Crippen molar-refractivity contribution >= 4 is 22.6 Å². The van der Waals surface area contributed by atoms with E-state index in [1.54, 1.807) is 7.11 Å². The lowest BCUT2D eigenvalue weighted by molar-refractivity contribution is 0.202. The molecule has 0 saturated carbocycles. The van der Waals surface area contributed by atoms with Crippen molar-refractivity contribution < 1.29 is 4.74 Å². The summed E-state index contributed by atoms with van der Waals surface area (Å²) in [6, 6.07) is 8.83. The van der Waals surface area contributed by atoms with Gasteiger partial charge in [0.25, 0.3) is 0 Å². The average Bonchev–Trinajstić information content (AvgIpc) is 2.85. The maximum atomic E-state index is 5.14. The van der Waals surface area contributed by atoms with E-state index in [9.17, 15) is 0 Å². The summed E-state index contributed by atoms with van der Waals surface area (Å²) < 4.78 is 5.14. The van der Waals surface area contributed by atoms with E-state index in [4.69, 9.17) is 4.74 Å².